The number of ether oxygens (including phenoxy) is 1. The number of hydrogen-bond donors (Lipinski definition) is 1. The summed E-state index contributed by atoms with van der Waals surface area (Å²) in [5.41, 5.74) is 3.83. The van der Waals surface area contributed by atoms with Gasteiger partial charge < -0.3 is 10.1 Å². The van der Waals surface area contributed by atoms with Crippen LogP contribution in [0.1, 0.15) is 35.3 Å². The first-order valence-corrected chi connectivity index (χ1v) is 6.97. The van der Waals surface area contributed by atoms with E-state index in [0.717, 1.165) is 42.6 Å². The van der Waals surface area contributed by atoms with Gasteiger partial charge in [-0.2, -0.15) is 0 Å². The van der Waals surface area contributed by atoms with Gasteiger partial charge in [0.1, 0.15) is 6.10 Å². The molecular weight excluding hydrogens is 248 g/mol. The number of fused-ring (bicyclic) bond motifs is 3. The van der Waals surface area contributed by atoms with Crippen LogP contribution in [0.25, 0.3) is 0 Å². The number of nitrogens with one attached hydrogen (secondary N) is 1. The third-order valence-electron chi connectivity index (χ3n) is 4.07. The van der Waals surface area contributed by atoms with Crippen LogP contribution in [0, 0.1) is 0 Å². The van der Waals surface area contributed by atoms with Gasteiger partial charge in [-0.25, -0.2) is 8.78 Å². The average Bonchev–Trinajstić information content (AvgIpc) is 2.55. The molecule has 1 aromatic carbocycles. The van der Waals surface area contributed by atoms with Crippen molar-refractivity contribution in [2.75, 3.05) is 19.7 Å². The van der Waals surface area contributed by atoms with E-state index < -0.39 is 12.0 Å². The second-order valence-corrected chi connectivity index (χ2v) is 5.30. The van der Waals surface area contributed by atoms with E-state index >= 15 is 0 Å². The van der Waals surface area contributed by atoms with E-state index in [4.69, 9.17) is 4.74 Å². The zero-order valence-corrected chi connectivity index (χ0v) is 11.1. The minimum atomic E-state index is -2.77. The Hall–Kier alpha value is -1.00. The predicted molar refractivity (Wildman–Crippen MR) is 69.7 cm³/mol. The molecule has 0 aromatic heterocycles. The first kappa shape index (κ1) is 13.0. The summed E-state index contributed by atoms with van der Waals surface area (Å²) in [5, 5.41) is 3.32. The molecular formula is C15H19F2NO. The lowest BCUT2D eigenvalue weighted by Gasteiger charge is -2.22. The number of halogens is 2. The zero-order valence-electron chi connectivity index (χ0n) is 11.1. The van der Waals surface area contributed by atoms with Crippen LogP contribution >= 0.6 is 0 Å². The Morgan fingerprint density at radius 2 is 2.00 bits per heavy atom. The van der Waals surface area contributed by atoms with Crippen molar-refractivity contribution in [3.8, 4) is 0 Å². The lowest BCUT2D eigenvalue weighted by atomic mass is 9.93. The minimum Gasteiger partial charge on any atom is -0.367 e. The molecule has 0 radical (unpaired) electrons. The smallest absolute Gasteiger partial charge is 0.281 e. The number of hydrogen-bond acceptors (Lipinski definition) is 2. The summed E-state index contributed by atoms with van der Waals surface area (Å²) in [6.07, 6.45) is 0.486. The summed E-state index contributed by atoms with van der Waals surface area (Å²) in [7, 11) is 0. The van der Waals surface area contributed by atoms with Crippen LogP contribution in [-0.2, 0) is 24.0 Å². The Labute approximate surface area is 112 Å². The lowest BCUT2D eigenvalue weighted by molar-refractivity contribution is -0.126. The normalized spacial score (nSPS) is 24.7. The SMILES string of the molecule is CCOC1c2c(ccc3c2CCNCC3)CC1(F)F. The van der Waals surface area contributed by atoms with E-state index in [1.807, 2.05) is 12.1 Å². The largest absolute Gasteiger partial charge is 0.367 e. The fraction of sp³-hybridized carbons (Fsp3) is 0.600. The first-order valence-electron chi connectivity index (χ1n) is 6.97. The lowest BCUT2D eigenvalue weighted by Crippen LogP contribution is -2.25. The van der Waals surface area contributed by atoms with Crippen LogP contribution in [-0.4, -0.2) is 25.6 Å². The van der Waals surface area contributed by atoms with Crippen molar-refractivity contribution < 1.29 is 13.5 Å². The van der Waals surface area contributed by atoms with Crippen molar-refractivity contribution in [1.82, 2.24) is 5.32 Å². The monoisotopic (exact) mass is 267 g/mol. The van der Waals surface area contributed by atoms with Gasteiger partial charge in [0.25, 0.3) is 5.92 Å². The van der Waals surface area contributed by atoms with E-state index in [2.05, 4.69) is 5.32 Å². The highest BCUT2D eigenvalue weighted by molar-refractivity contribution is 5.48. The highest BCUT2D eigenvalue weighted by Crippen LogP contribution is 2.47. The van der Waals surface area contributed by atoms with Crippen LogP contribution in [0.15, 0.2) is 12.1 Å². The topological polar surface area (TPSA) is 21.3 Å². The molecule has 1 aromatic rings. The molecule has 0 amide bonds. The van der Waals surface area contributed by atoms with Gasteiger partial charge in [0.15, 0.2) is 0 Å². The van der Waals surface area contributed by atoms with Crippen LogP contribution in [0.2, 0.25) is 0 Å². The Balaban J connectivity index is 2.09. The fourth-order valence-electron chi connectivity index (χ4n) is 3.26. The standard InChI is InChI=1S/C15H19F2NO/c1-2-19-14-13-11(9-15(14,16)17)4-3-10-5-7-18-8-6-12(10)13/h3-4,14,18H,2,5-9H2,1H3. The highest BCUT2D eigenvalue weighted by Gasteiger charge is 2.49. The van der Waals surface area contributed by atoms with E-state index in [1.165, 1.54) is 5.56 Å². The fourth-order valence-corrected chi connectivity index (χ4v) is 3.26. The van der Waals surface area contributed by atoms with E-state index in [1.54, 1.807) is 6.92 Å². The second kappa shape index (κ2) is 4.84. The number of alkyl halides is 2. The minimum absolute atomic E-state index is 0.187. The molecule has 2 nitrogen and oxygen atoms in total. The summed E-state index contributed by atoms with van der Waals surface area (Å²) < 4.78 is 33.6. The summed E-state index contributed by atoms with van der Waals surface area (Å²) in [5.74, 6) is -2.77. The molecule has 0 bridgehead atoms. The van der Waals surface area contributed by atoms with Gasteiger partial charge in [-0.15, -0.1) is 0 Å². The molecule has 2 aliphatic rings. The van der Waals surface area contributed by atoms with Crippen molar-refractivity contribution in [2.45, 2.75) is 38.2 Å². The molecule has 1 unspecified atom stereocenters. The Kier molecular flexibility index (Phi) is 3.31. The van der Waals surface area contributed by atoms with Gasteiger partial charge in [0.2, 0.25) is 0 Å². The summed E-state index contributed by atoms with van der Waals surface area (Å²) >= 11 is 0. The molecule has 1 aliphatic heterocycles. The predicted octanol–water partition coefficient (Wildman–Crippen LogP) is 2.64. The van der Waals surface area contributed by atoms with Crippen molar-refractivity contribution >= 4 is 0 Å². The molecule has 0 saturated carbocycles. The number of rotatable bonds is 2. The Morgan fingerprint density at radius 3 is 2.79 bits per heavy atom. The molecule has 0 saturated heterocycles. The molecule has 1 aliphatic carbocycles. The van der Waals surface area contributed by atoms with Crippen molar-refractivity contribution in [2.24, 2.45) is 0 Å². The molecule has 3 rings (SSSR count). The Bertz CT molecular complexity index is 487. The van der Waals surface area contributed by atoms with Gasteiger partial charge in [0, 0.05) is 13.0 Å². The van der Waals surface area contributed by atoms with Crippen molar-refractivity contribution in [3.05, 3.63) is 34.4 Å². The summed E-state index contributed by atoms with van der Waals surface area (Å²) in [6.45, 7) is 3.87. The number of benzene rings is 1. The van der Waals surface area contributed by atoms with Gasteiger partial charge in [-0.3, -0.25) is 0 Å². The average molecular weight is 267 g/mol. The molecule has 1 N–H and O–H groups in total. The zero-order chi connectivity index (χ0) is 13.5. The third-order valence-corrected chi connectivity index (χ3v) is 4.07. The summed E-state index contributed by atoms with van der Waals surface area (Å²) in [6, 6.07) is 3.89. The maximum atomic E-state index is 14.1. The molecule has 19 heavy (non-hydrogen) atoms. The van der Waals surface area contributed by atoms with Gasteiger partial charge >= 0.3 is 0 Å². The quantitative estimate of drug-likeness (QED) is 0.889. The van der Waals surface area contributed by atoms with Crippen LogP contribution < -0.4 is 5.32 Å². The van der Waals surface area contributed by atoms with E-state index in [9.17, 15) is 8.78 Å². The molecule has 1 atom stereocenters. The third kappa shape index (κ3) is 2.17. The Morgan fingerprint density at radius 1 is 1.26 bits per heavy atom. The summed E-state index contributed by atoms with van der Waals surface area (Å²) in [4.78, 5) is 0. The van der Waals surface area contributed by atoms with Crippen LogP contribution in [0.3, 0.4) is 0 Å². The van der Waals surface area contributed by atoms with Gasteiger partial charge in [-0.1, -0.05) is 12.1 Å². The molecule has 4 heteroatoms. The second-order valence-electron chi connectivity index (χ2n) is 5.30. The molecule has 104 valence electrons. The van der Waals surface area contributed by atoms with Gasteiger partial charge in [0.05, 0.1) is 0 Å². The van der Waals surface area contributed by atoms with Gasteiger partial charge in [-0.05, 0) is 55.1 Å². The van der Waals surface area contributed by atoms with Crippen molar-refractivity contribution in [1.29, 1.82) is 0 Å². The van der Waals surface area contributed by atoms with E-state index in [0.29, 0.717) is 6.61 Å². The van der Waals surface area contributed by atoms with E-state index in [-0.39, 0.29) is 6.42 Å². The maximum Gasteiger partial charge on any atom is 0.281 e. The van der Waals surface area contributed by atoms with Crippen molar-refractivity contribution in [3.63, 3.8) is 0 Å². The highest BCUT2D eigenvalue weighted by atomic mass is 19.3. The first-order chi connectivity index (χ1) is 9.13. The van der Waals surface area contributed by atoms with Crippen LogP contribution in [0.5, 0.6) is 0 Å². The molecule has 0 fully saturated rings. The molecule has 0 spiro atoms. The van der Waals surface area contributed by atoms with Crippen LogP contribution in [0.4, 0.5) is 8.78 Å². The molecule has 1 heterocycles. The maximum absolute atomic E-state index is 14.1.